The maximum atomic E-state index is 9.52. The van der Waals surface area contributed by atoms with E-state index in [0.29, 0.717) is 10.8 Å². The van der Waals surface area contributed by atoms with Crippen molar-refractivity contribution in [1.82, 2.24) is 14.8 Å². The number of aromatic hydroxyl groups is 1. The normalized spacial score (nSPS) is 14.9. The first-order chi connectivity index (χ1) is 11.1. The lowest BCUT2D eigenvalue weighted by molar-refractivity contribution is 0.475. The van der Waals surface area contributed by atoms with E-state index in [1.807, 2.05) is 17.7 Å². The first kappa shape index (κ1) is 16.8. The quantitative estimate of drug-likeness (QED) is 0.754. The van der Waals surface area contributed by atoms with Crippen LogP contribution in [-0.2, 0) is 12.5 Å². The Labute approximate surface area is 151 Å². The Morgan fingerprint density at radius 3 is 2.42 bits per heavy atom. The molecule has 0 spiro atoms. The van der Waals surface area contributed by atoms with E-state index in [2.05, 4.69) is 34.5 Å². The van der Waals surface area contributed by atoms with Crippen molar-refractivity contribution in [2.75, 3.05) is 0 Å². The zero-order valence-corrected chi connectivity index (χ0v) is 14.7. The number of benzene rings is 2. The van der Waals surface area contributed by atoms with Crippen molar-refractivity contribution in [2.24, 2.45) is 7.05 Å². The van der Waals surface area contributed by atoms with Crippen LogP contribution >= 0.6 is 24.0 Å². The lowest BCUT2D eigenvalue weighted by atomic mass is 9.95. The van der Waals surface area contributed by atoms with E-state index in [9.17, 15) is 5.11 Å². The van der Waals surface area contributed by atoms with Crippen molar-refractivity contribution in [2.45, 2.75) is 18.3 Å². The van der Waals surface area contributed by atoms with Crippen LogP contribution in [0.4, 0.5) is 0 Å². The summed E-state index contributed by atoms with van der Waals surface area (Å²) in [4.78, 5) is 0. The lowest BCUT2D eigenvalue weighted by Gasteiger charge is -2.15. The second kappa shape index (κ2) is 6.11. The van der Waals surface area contributed by atoms with Crippen LogP contribution in [0, 0.1) is 0 Å². The Morgan fingerprint density at radius 1 is 1.08 bits per heavy atom. The van der Waals surface area contributed by atoms with Crippen LogP contribution in [0.15, 0.2) is 48.5 Å². The highest BCUT2D eigenvalue weighted by Gasteiger charge is 2.49. The summed E-state index contributed by atoms with van der Waals surface area (Å²) in [5.41, 5.74) is 2.01. The standard InChI is InChI=1S/C18H16ClN3O.ClH/c1-22-16(14-8-7-13(23)11-15(14)19)20-21-17(22)18(9-10-18)12-5-3-2-4-6-12;/h2-8,11,23H,9-10H2,1H3;1H. The molecule has 0 atom stereocenters. The van der Waals surface area contributed by atoms with E-state index in [-0.39, 0.29) is 23.6 Å². The van der Waals surface area contributed by atoms with Gasteiger partial charge in [-0.25, -0.2) is 0 Å². The summed E-state index contributed by atoms with van der Waals surface area (Å²) in [5.74, 6) is 1.82. The van der Waals surface area contributed by atoms with Crippen LogP contribution in [0.5, 0.6) is 5.75 Å². The van der Waals surface area contributed by atoms with Crippen molar-refractivity contribution >= 4 is 24.0 Å². The third-order valence-electron chi connectivity index (χ3n) is 4.57. The van der Waals surface area contributed by atoms with Gasteiger partial charge in [0.25, 0.3) is 0 Å². The zero-order valence-electron chi connectivity index (χ0n) is 13.1. The zero-order chi connectivity index (χ0) is 16.0. The molecule has 4 rings (SSSR count). The van der Waals surface area contributed by atoms with Gasteiger partial charge in [-0.05, 0) is 36.6 Å². The minimum Gasteiger partial charge on any atom is -0.508 e. The van der Waals surface area contributed by atoms with Gasteiger partial charge in [0.1, 0.15) is 11.6 Å². The van der Waals surface area contributed by atoms with Crippen LogP contribution < -0.4 is 0 Å². The molecule has 0 saturated heterocycles. The number of phenolic OH excluding ortho intramolecular Hbond substituents is 1. The highest BCUT2D eigenvalue weighted by atomic mass is 35.5. The first-order valence-electron chi connectivity index (χ1n) is 7.56. The summed E-state index contributed by atoms with van der Waals surface area (Å²) in [7, 11) is 1.97. The Balaban J connectivity index is 0.00000169. The van der Waals surface area contributed by atoms with Gasteiger partial charge in [-0.2, -0.15) is 0 Å². The van der Waals surface area contributed by atoms with Gasteiger partial charge >= 0.3 is 0 Å². The molecule has 24 heavy (non-hydrogen) atoms. The van der Waals surface area contributed by atoms with Crippen LogP contribution in [0.25, 0.3) is 11.4 Å². The van der Waals surface area contributed by atoms with E-state index >= 15 is 0 Å². The van der Waals surface area contributed by atoms with E-state index in [4.69, 9.17) is 11.6 Å². The average Bonchev–Trinajstić information content (AvgIpc) is 3.27. The molecule has 1 aliphatic carbocycles. The molecule has 6 heteroatoms. The lowest BCUT2D eigenvalue weighted by Crippen LogP contribution is -2.15. The van der Waals surface area contributed by atoms with Crippen LogP contribution in [-0.4, -0.2) is 19.9 Å². The van der Waals surface area contributed by atoms with Gasteiger partial charge in [0.15, 0.2) is 5.82 Å². The molecule has 4 nitrogen and oxygen atoms in total. The second-order valence-corrected chi connectivity index (χ2v) is 6.43. The Kier molecular flexibility index (Phi) is 4.28. The van der Waals surface area contributed by atoms with Gasteiger partial charge in [0.05, 0.1) is 10.4 Å². The highest BCUT2D eigenvalue weighted by molar-refractivity contribution is 6.33. The molecule has 2 aromatic carbocycles. The van der Waals surface area contributed by atoms with Crippen molar-refractivity contribution in [3.8, 4) is 17.1 Å². The summed E-state index contributed by atoms with van der Waals surface area (Å²) < 4.78 is 2.01. The minimum atomic E-state index is -0.0370. The Bertz CT molecular complexity index is 873. The molecular formula is C18H17Cl2N3O. The average molecular weight is 362 g/mol. The molecule has 124 valence electrons. The number of halogens is 2. The number of hydrogen-bond donors (Lipinski definition) is 1. The summed E-state index contributed by atoms with van der Waals surface area (Å²) in [6.45, 7) is 0. The van der Waals surface area contributed by atoms with Crippen LogP contribution in [0.3, 0.4) is 0 Å². The predicted octanol–water partition coefficient (Wildman–Crippen LogP) is 4.34. The van der Waals surface area contributed by atoms with E-state index < -0.39 is 0 Å². The number of phenols is 1. The molecule has 1 aliphatic rings. The molecule has 3 aromatic rings. The molecule has 0 amide bonds. The summed E-state index contributed by atoms with van der Waals surface area (Å²) >= 11 is 6.25. The largest absolute Gasteiger partial charge is 0.508 e. The van der Waals surface area contributed by atoms with Crippen molar-refractivity contribution in [3.63, 3.8) is 0 Å². The molecule has 1 saturated carbocycles. The monoisotopic (exact) mass is 361 g/mol. The van der Waals surface area contributed by atoms with Crippen molar-refractivity contribution in [3.05, 3.63) is 64.9 Å². The maximum absolute atomic E-state index is 9.52. The fourth-order valence-electron chi connectivity index (χ4n) is 3.19. The summed E-state index contributed by atoms with van der Waals surface area (Å²) in [5, 5.41) is 18.8. The maximum Gasteiger partial charge on any atom is 0.165 e. The molecule has 0 unspecified atom stereocenters. The smallest absolute Gasteiger partial charge is 0.165 e. The number of rotatable bonds is 3. The third-order valence-corrected chi connectivity index (χ3v) is 4.89. The van der Waals surface area contributed by atoms with E-state index in [1.54, 1.807) is 12.1 Å². The Hall–Kier alpha value is -2.04. The molecule has 1 heterocycles. The molecule has 1 fully saturated rings. The molecule has 0 bridgehead atoms. The summed E-state index contributed by atoms with van der Waals surface area (Å²) in [6.07, 6.45) is 2.15. The fourth-order valence-corrected chi connectivity index (χ4v) is 3.45. The molecule has 0 aliphatic heterocycles. The number of aromatic nitrogens is 3. The summed E-state index contributed by atoms with van der Waals surface area (Å²) in [6, 6.07) is 15.3. The van der Waals surface area contributed by atoms with Gasteiger partial charge in [-0.1, -0.05) is 41.9 Å². The van der Waals surface area contributed by atoms with Gasteiger partial charge in [-0.15, -0.1) is 22.6 Å². The molecule has 1 N–H and O–H groups in total. The number of nitrogens with zero attached hydrogens (tertiary/aromatic N) is 3. The second-order valence-electron chi connectivity index (χ2n) is 6.02. The van der Waals surface area contributed by atoms with E-state index in [0.717, 1.165) is 24.2 Å². The minimum absolute atomic E-state index is 0. The Morgan fingerprint density at radius 2 is 1.79 bits per heavy atom. The van der Waals surface area contributed by atoms with E-state index in [1.165, 1.54) is 11.6 Å². The van der Waals surface area contributed by atoms with Gasteiger partial charge in [0.2, 0.25) is 0 Å². The predicted molar refractivity (Wildman–Crippen MR) is 96.8 cm³/mol. The molecular weight excluding hydrogens is 345 g/mol. The fraction of sp³-hybridized carbons (Fsp3) is 0.222. The topological polar surface area (TPSA) is 50.9 Å². The highest BCUT2D eigenvalue weighted by Crippen LogP contribution is 2.53. The third kappa shape index (κ3) is 2.56. The van der Waals surface area contributed by atoms with Crippen molar-refractivity contribution < 1.29 is 5.11 Å². The first-order valence-corrected chi connectivity index (χ1v) is 7.94. The number of hydrogen-bond acceptors (Lipinski definition) is 3. The van der Waals surface area contributed by atoms with Crippen molar-refractivity contribution in [1.29, 1.82) is 0 Å². The molecule has 1 aromatic heterocycles. The van der Waals surface area contributed by atoms with Gasteiger partial charge in [0, 0.05) is 12.6 Å². The molecule has 0 radical (unpaired) electrons. The van der Waals surface area contributed by atoms with Crippen LogP contribution in [0.1, 0.15) is 24.2 Å². The SMILES string of the molecule is Cl.Cn1c(-c2ccc(O)cc2Cl)nnc1C1(c2ccccc2)CC1. The van der Waals surface area contributed by atoms with Gasteiger partial charge in [-0.3, -0.25) is 0 Å². The van der Waals surface area contributed by atoms with Gasteiger partial charge < -0.3 is 9.67 Å². The van der Waals surface area contributed by atoms with Crippen LogP contribution in [0.2, 0.25) is 5.02 Å².